The van der Waals surface area contributed by atoms with E-state index in [-0.39, 0.29) is 0 Å². The molecule has 0 aliphatic carbocycles. The summed E-state index contributed by atoms with van der Waals surface area (Å²) in [6.45, 7) is 3.78. The van der Waals surface area contributed by atoms with Crippen LogP contribution >= 0.6 is 15.9 Å². The van der Waals surface area contributed by atoms with Crippen molar-refractivity contribution in [3.8, 4) is 11.3 Å². The van der Waals surface area contributed by atoms with Gasteiger partial charge < -0.3 is 9.84 Å². The second-order valence-corrected chi connectivity index (χ2v) is 4.29. The molecule has 0 saturated heterocycles. The summed E-state index contributed by atoms with van der Waals surface area (Å²) in [5.41, 5.74) is 2.11. The monoisotopic (exact) mass is 280 g/mol. The van der Waals surface area contributed by atoms with E-state index in [1.807, 2.05) is 24.3 Å². The Hall–Kier alpha value is -1.13. The first-order valence-corrected chi connectivity index (χ1v) is 6.01. The Morgan fingerprint density at radius 3 is 2.94 bits per heavy atom. The zero-order valence-corrected chi connectivity index (χ0v) is 10.6. The summed E-state index contributed by atoms with van der Waals surface area (Å²) >= 11 is 3.51. The molecule has 1 aromatic heterocycles. The van der Waals surface area contributed by atoms with Crippen LogP contribution in [0.1, 0.15) is 12.5 Å². The quantitative estimate of drug-likeness (QED) is 0.935. The molecule has 84 valence electrons. The lowest BCUT2D eigenvalue weighted by atomic mass is 10.1. The smallest absolute Gasteiger partial charge is 0.172 e. The average Bonchev–Trinajstić information content (AvgIpc) is 2.75. The Balaban J connectivity index is 2.33. The highest BCUT2D eigenvalue weighted by molar-refractivity contribution is 9.10. The van der Waals surface area contributed by atoms with Crippen molar-refractivity contribution in [3.63, 3.8) is 0 Å². The van der Waals surface area contributed by atoms with Crippen LogP contribution in [-0.2, 0) is 6.54 Å². The topological polar surface area (TPSA) is 38.1 Å². The molecule has 4 heteroatoms. The van der Waals surface area contributed by atoms with E-state index in [1.54, 1.807) is 6.20 Å². The molecular formula is C12H13BrN2O. The van der Waals surface area contributed by atoms with Crippen molar-refractivity contribution in [2.75, 3.05) is 6.54 Å². The lowest BCUT2D eigenvalue weighted by Crippen LogP contribution is -2.11. The van der Waals surface area contributed by atoms with Crippen LogP contribution in [0.2, 0.25) is 0 Å². The second-order valence-electron chi connectivity index (χ2n) is 3.44. The third-order valence-corrected chi connectivity index (χ3v) is 3.02. The number of aromatic nitrogens is 1. The van der Waals surface area contributed by atoms with E-state index in [4.69, 9.17) is 4.52 Å². The average molecular weight is 281 g/mol. The van der Waals surface area contributed by atoms with Crippen LogP contribution < -0.4 is 5.32 Å². The van der Waals surface area contributed by atoms with Crippen LogP contribution in [-0.4, -0.2) is 11.7 Å². The molecule has 16 heavy (non-hydrogen) atoms. The fraction of sp³-hybridized carbons (Fsp3) is 0.250. The van der Waals surface area contributed by atoms with Gasteiger partial charge in [-0.05, 0) is 18.7 Å². The molecule has 2 aromatic rings. The van der Waals surface area contributed by atoms with Gasteiger partial charge in [-0.15, -0.1) is 0 Å². The van der Waals surface area contributed by atoms with E-state index in [0.717, 1.165) is 34.4 Å². The molecule has 0 radical (unpaired) electrons. The molecule has 0 atom stereocenters. The zero-order chi connectivity index (χ0) is 11.4. The van der Waals surface area contributed by atoms with Crippen molar-refractivity contribution in [2.24, 2.45) is 0 Å². The van der Waals surface area contributed by atoms with Crippen molar-refractivity contribution >= 4 is 15.9 Å². The minimum atomic E-state index is 0.774. The van der Waals surface area contributed by atoms with Gasteiger partial charge in [-0.2, -0.15) is 0 Å². The number of rotatable bonds is 4. The van der Waals surface area contributed by atoms with Gasteiger partial charge in [0.15, 0.2) is 5.76 Å². The van der Waals surface area contributed by atoms with E-state index in [1.165, 1.54) is 0 Å². The summed E-state index contributed by atoms with van der Waals surface area (Å²) in [6, 6.07) is 7.97. The van der Waals surface area contributed by atoms with Crippen LogP contribution in [0, 0.1) is 0 Å². The number of benzene rings is 1. The van der Waals surface area contributed by atoms with Gasteiger partial charge in [-0.3, -0.25) is 0 Å². The molecule has 2 rings (SSSR count). The molecule has 0 aliphatic rings. The summed E-state index contributed by atoms with van der Waals surface area (Å²) in [4.78, 5) is 0. The molecule has 0 bridgehead atoms. The summed E-state index contributed by atoms with van der Waals surface area (Å²) < 4.78 is 6.33. The fourth-order valence-electron chi connectivity index (χ4n) is 1.51. The number of halogens is 1. The van der Waals surface area contributed by atoms with Gasteiger partial charge in [-0.25, -0.2) is 0 Å². The van der Waals surface area contributed by atoms with Gasteiger partial charge in [0.2, 0.25) is 0 Å². The molecule has 0 aliphatic heterocycles. The number of nitrogens with one attached hydrogen (secondary N) is 1. The Morgan fingerprint density at radius 1 is 1.38 bits per heavy atom. The minimum absolute atomic E-state index is 0.774. The van der Waals surface area contributed by atoms with Crippen LogP contribution in [0.3, 0.4) is 0 Å². The maximum atomic E-state index is 5.31. The first-order valence-electron chi connectivity index (χ1n) is 5.22. The van der Waals surface area contributed by atoms with Crippen LogP contribution in [0.15, 0.2) is 39.5 Å². The first kappa shape index (κ1) is 11.4. The molecule has 1 aromatic carbocycles. The summed E-state index contributed by atoms with van der Waals surface area (Å²) in [6.07, 6.45) is 1.76. The predicted molar refractivity (Wildman–Crippen MR) is 67.0 cm³/mol. The highest BCUT2D eigenvalue weighted by atomic mass is 79.9. The van der Waals surface area contributed by atoms with Gasteiger partial charge in [0, 0.05) is 22.1 Å². The first-order chi connectivity index (χ1) is 7.83. The summed E-state index contributed by atoms with van der Waals surface area (Å²) in [7, 11) is 0. The minimum Gasteiger partial charge on any atom is -0.356 e. The highest BCUT2D eigenvalue weighted by Crippen LogP contribution is 2.30. The largest absolute Gasteiger partial charge is 0.356 e. The van der Waals surface area contributed by atoms with E-state index < -0.39 is 0 Å². The summed E-state index contributed by atoms with van der Waals surface area (Å²) in [5.74, 6) is 0.827. The molecule has 3 nitrogen and oxygen atoms in total. The van der Waals surface area contributed by atoms with Crippen LogP contribution in [0.25, 0.3) is 11.3 Å². The molecule has 0 spiro atoms. The van der Waals surface area contributed by atoms with Gasteiger partial charge in [0.25, 0.3) is 0 Å². The highest BCUT2D eigenvalue weighted by Gasteiger charge is 2.12. The van der Waals surface area contributed by atoms with Crippen molar-refractivity contribution in [1.29, 1.82) is 0 Å². The van der Waals surface area contributed by atoms with E-state index >= 15 is 0 Å². The summed E-state index contributed by atoms with van der Waals surface area (Å²) in [5, 5.41) is 7.12. The lowest BCUT2D eigenvalue weighted by Gasteiger charge is -2.03. The predicted octanol–water partition coefficient (Wildman–Crippen LogP) is 3.21. The van der Waals surface area contributed by atoms with Crippen molar-refractivity contribution in [1.82, 2.24) is 10.5 Å². The standard InChI is InChI=1S/C12H13BrN2O/c1-2-14-7-9-8-15-16-12(9)10-5-3-4-6-11(10)13/h3-6,8,14H,2,7H2,1H3. The Kier molecular flexibility index (Phi) is 3.74. The third kappa shape index (κ3) is 2.33. The number of hydrogen-bond acceptors (Lipinski definition) is 3. The lowest BCUT2D eigenvalue weighted by molar-refractivity contribution is 0.431. The Morgan fingerprint density at radius 2 is 2.19 bits per heavy atom. The number of nitrogens with zero attached hydrogens (tertiary/aromatic N) is 1. The van der Waals surface area contributed by atoms with Crippen LogP contribution in [0.4, 0.5) is 0 Å². The van der Waals surface area contributed by atoms with Crippen molar-refractivity contribution < 1.29 is 4.52 Å². The fourth-order valence-corrected chi connectivity index (χ4v) is 1.98. The molecule has 0 amide bonds. The molecule has 1 heterocycles. The normalized spacial score (nSPS) is 10.6. The third-order valence-electron chi connectivity index (χ3n) is 2.33. The maximum Gasteiger partial charge on any atom is 0.172 e. The Bertz CT molecular complexity index is 468. The second kappa shape index (κ2) is 5.27. The van der Waals surface area contributed by atoms with E-state index in [0.29, 0.717) is 0 Å². The van der Waals surface area contributed by atoms with Gasteiger partial charge in [0.1, 0.15) is 0 Å². The van der Waals surface area contributed by atoms with Gasteiger partial charge in [0.05, 0.1) is 6.20 Å². The van der Waals surface area contributed by atoms with E-state index in [2.05, 4.69) is 33.3 Å². The van der Waals surface area contributed by atoms with Crippen LogP contribution in [0.5, 0.6) is 0 Å². The maximum absolute atomic E-state index is 5.31. The van der Waals surface area contributed by atoms with Crippen molar-refractivity contribution in [2.45, 2.75) is 13.5 Å². The SMILES string of the molecule is CCNCc1cnoc1-c1ccccc1Br. The molecular weight excluding hydrogens is 268 g/mol. The Labute approximate surface area is 103 Å². The number of hydrogen-bond donors (Lipinski definition) is 1. The molecule has 0 saturated carbocycles. The van der Waals surface area contributed by atoms with Gasteiger partial charge >= 0.3 is 0 Å². The van der Waals surface area contributed by atoms with E-state index in [9.17, 15) is 0 Å². The van der Waals surface area contributed by atoms with Gasteiger partial charge in [-0.1, -0.05) is 40.1 Å². The van der Waals surface area contributed by atoms with Crippen molar-refractivity contribution in [3.05, 3.63) is 40.5 Å². The molecule has 0 fully saturated rings. The molecule has 1 N–H and O–H groups in total. The molecule has 0 unspecified atom stereocenters. The zero-order valence-electron chi connectivity index (χ0n) is 9.03.